The average Bonchev–Trinajstić information content (AvgIpc) is 2.81. The third-order valence-electron chi connectivity index (χ3n) is 6.51. The second kappa shape index (κ2) is 14.0. The Morgan fingerprint density at radius 1 is 1.16 bits per heavy atom. The monoisotopic (exact) mass is 528 g/mol. The van der Waals surface area contributed by atoms with Crippen molar-refractivity contribution in [2.75, 3.05) is 6.54 Å². The van der Waals surface area contributed by atoms with Crippen molar-refractivity contribution in [3.05, 3.63) is 47.5 Å². The Bertz CT molecular complexity index is 1010. The van der Waals surface area contributed by atoms with Gasteiger partial charge in [-0.05, 0) is 65.0 Å². The van der Waals surface area contributed by atoms with E-state index in [9.17, 15) is 19.2 Å². The number of nitrogens with zero attached hydrogens (tertiary/aromatic N) is 1. The topological polar surface area (TPSA) is 131 Å². The predicted molar refractivity (Wildman–Crippen MR) is 147 cm³/mol. The lowest BCUT2D eigenvalue weighted by Gasteiger charge is -2.35. The van der Waals surface area contributed by atoms with Gasteiger partial charge in [0.05, 0.1) is 0 Å². The standard InChI is InChI=1S/C29H44N4O5/c1-7-17-33(27(36)23(15-16-24(30)34)32-28(37)38-29(4,5)6)25(22-14-13-19(2)18-20(22)3)26(35)31-21-11-9-8-10-12-21/h7,13-14,18,21,23,25H,1,8-12,15-17H2,2-6H3,(H2,30,34)(H,31,35)(H,32,37). The Morgan fingerprint density at radius 3 is 2.37 bits per heavy atom. The van der Waals surface area contributed by atoms with Crippen molar-refractivity contribution >= 4 is 23.8 Å². The normalized spacial score (nSPS) is 15.6. The SMILES string of the molecule is C=CCN(C(=O)C(CCC(N)=O)NC(=O)OC(C)(C)C)C(C(=O)NC1CCCCC1)c1ccc(C)cc1C. The molecule has 4 amide bonds. The molecule has 4 N–H and O–H groups in total. The zero-order valence-electron chi connectivity index (χ0n) is 23.5. The van der Waals surface area contributed by atoms with Crippen molar-refractivity contribution in [3.8, 4) is 0 Å². The van der Waals surface area contributed by atoms with Gasteiger partial charge in [-0.1, -0.05) is 49.1 Å². The summed E-state index contributed by atoms with van der Waals surface area (Å²) in [6.45, 7) is 12.9. The van der Waals surface area contributed by atoms with Gasteiger partial charge in [-0.25, -0.2) is 4.79 Å². The predicted octanol–water partition coefficient (Wildman–Crippen LogP) is 3.97. The summed E-state index contributed by atoms with van der Waals surface area (Å²) in [5, 5.41) is 5.75. The van der Waals surface area contributed by atoms with Gasteiger partial charge >= 0.3 is 6.09 Å². The van der Waals surface area contributed by atoms with E-state index >= 15 is 0 Å². The minimum absolute atomic E-state index is 0.0368. The van der Waals surface area contributed by atoms with Crippen molar-refractivity contribution in [2.45, 2.75) is 103 Å². The molecule has 0 bridgehead atoms. The molecule has 2 atom stereocenters. The molecule has 0 aromatic heterocycles. The summed E-state index contributed by atoms with van der Waals surface area (Å²) in [5.41, 5.74) is 7.15. The van der Waals surface area contributed by atoms with Crippen LogP contribution in [0.15, 0.2) is 30.9 Å². The lowest BCUT2D eigenvalue weighted by Crippen LogP contribution is -2.54. The van der Waals surface area contributed by atoms with Gasteiger partial charge in [0.1, 0.15) is 17.7 Å². The highest BCUT2D eigenvalue weighted by atomic mass is 16.6. The summed E-state index contributed by atoms with van der Waals surface area (Å²) in [7, 11) is 0. The molecule has 38 heavy (non-hydrogen) atoms. The van der Waals surface area contributed by atoms with Gasteiger partial charge < -0.3 is 26.0 Å². The summed E-state index contributed by atoms with van der Waals surface area (Å²) < 4.78 is 5.35. The van der Waals surface area contributed by atoms with E-state index in [1.807, 2.05) is 32.0 Å². The molecule has 1 saturated carbocycles. The molecule has 1 fully saturated rings. The Balaban J connectivity index is 2.48. The van der Waals surface area contributed by atoms with Gasteiger partial charge in [-0.2, -0.15) is 0 Å². The first-order chi connectivity index (χ1) is 17.8. The van der Waals surface area contributed by atoms with E-state index in [-0.39, 0.29) is 31.3 Å². The van der Waals surface area contributed by atoms with E-state index in [1.54, 1.807) is 26.8 Å². The van der Waals surface area contributed by atoms with Gasteiger partial charge in [0.15, 0.2) is 0 Å². The minimum Gasteiger partial charge on any atom is -0.444 e. The van der Waals surface area contributed by atoms with Crippen LogP contribution in [-0.2, 0) is 19.1 Å². The van der Waals surface area contributed by atoms with Gasteiger partial charge in [0, 0.05) is 19.0 Å². The molecule has 210 valence electrons. The van der Waals surface area contributed by atoms with Crippen LogP contribution in [0.1, 0.15) is 88.4 Å². The van der Waals surface area contributed by atoms with E-state index in [0.717, 1.165) is 43.2 Å². The molecular weight excluding hydrogens is 484 g/mol. The summed E-state index contributed by atoms with van der Waals surface area (Å²) in [6, 6.07) is 3.68. The number of nitrogens with one attached hydrogen (secondary N) is 2. The highest BCUT2D eigenvalue weighted by Crippen LogP contribution is 2.28. The number of primary amides is 1. The number of hydrogen-bond donors (Lipinski definition) is 3. The van der Waals surface area contributed by atoms with E-state index in [0.29, 0.717) is 5.56 Å². The van der Waals surface area contributed by atoms with Crippen LogP contribution in [0, 0.1) is 13.8 Å². The van der Waals surface area contributed by atoms with Gasteiger partial charge in [-0.15, -0.1) is 6.58 Å². The number of amides is 4. The number of carbonyl (C=O) groups excluding carboxylic acids is 4. The van der Waals surface area contributed by atoms with E-state index in [4.69, 9.17) is 10.5 Å². The second-order valence-electron chi connectivity index (χ2n) is 11.1. The molecule has 0 heterocycles. The number of rotatable bonds is 11. The Morgan fingerprint density at radius 2 is 1.82 bits per heavy atom. The first-order valence-electron chi connectivity index (χ1n) is 13.4. The maximum Gasteiger partial charge on any atom is 0.408 e. The molecule has 0 spiro atoms. The minimum atomic E-state index is -1.13. The first kappa shape index (κ1) is 30.9. The molecular formula is C29H44N4O5. The molecule has 1 aromatic carbocycles. The molecule has 9 nitrogen and oxygen atoms in total. The largest absolute Gasteiger partial charge is 0.444 e. The molecule has 0 saturated heterocycles. The highest BCUT2D eigenvalue weighted by Gasteiger charge is 2.37. The van der Waals surface area contributed by atoms with E-state index in [1.165, 1.54) is 4.90 Å². The van der Waals surface area contributed by atoms with Crippen molar-refractivity contribution in [3.63, 3.8) is 0 Å². The lowest BCUT2D eigenvalue weighted by molar-refractivity contribution is -0.142. The van der Waals surface area contributed by atoms with E-state index < -0.39 is 35.6 Å². The van der Waals surface area contributed by atoms with Crippen LogP contribution in [-0.4, -0.2) is 52.9 Å². The average molecular weight is 529 g/mol. The van der Waals surface area contributed by atoms with Crippen LogP contribution in [0.25, 0.3) is 0 Å². The fourth-order valence-electron chi connectivity index (χ4n) is 4.77. The highest BCUT2D eigenvalue weighted by molar-refractivity contribution is 5.93. The van der Waals surface area contributed by atoms with Crippen LogP contribution in [0.3, 0.4) is 0 Å². The van der Waals surface area contributed by atoms with Crippen molar-refractivity contribution in [1.29, 1.82) is 0 Å². The molecule has 2 unspecified atom stereocenters. The number of ether oxygens (including phenoxy) is 1. The van der Waals surface area contributed by atoms with Gasteiger partial charge in [0.25, 0.3) is 0 Å². The summed E-state index contributed by atoms with van der Waals surface area (Å²) >= 11 is 0. The van der Waals surface area contributed by atoms with Crippen molar-refractivity contribution < 1.29 is 23.9 Å². The maximum absolute atomic E-state index is 14.0. The Kier molecular flexibility index (Phi) is 11.4. The zero-order valence-corrected chi connectivity index (χ0v) is 23.5. The van der Waals surface area contributed by atoms with Crippen LogP contribution >= 0.6 is 0 Å². The fraction of sp³-hybridized carbons (Fsp3) is 0.586. The molecule has 1 aliphatic rings. The number of benzene rings is 1. The molecule has 1 aromatic rings. The second-order valence-corrected chi connectivity index (χ2v) is 11.1. The Labute approximate surface area is 226 Å². The number of nitrogens with two attached hydrogens (primary N) is 1. The third kappa shape index (κ3) is 9.50. The first-order valence-corrected chi connectivity index (χ1v) is 13.4. The maximum atomic E-state index is 14.0. The summed E-state index contributed by atoms with van der Waals surface area (Å²) in [4.78, 5) is 53.4. The van der Waals surface area contributed by atoms with Crippen LogP contribution in [0.2, 0.25) is 0 Å². The van der Waals surface area contributed by atoms with Crippen LogP contribution in [0.5, 0.6) is 0 Å². The van der Waals surface area contributed by atoms with Crippen LogP contribution < -0.4 is 16.4 Å². The van der Waals surface area contributed by atoms with Crippen molar-refractivity contribution in [1.82, 2.24) is 15.5 Å². The molecule has 2 rings (SSSR count). The van der Waals surface area contributed by atoms with Gasteiger partial charge in [0.2, 0.25) is 17.7 Å². The smallest absolute Gasteiger partial charge is 0.408 e. The molecule has 1 aliphatic carbocycles. The molecule has 0 aliphatic heterocycles. The van der Waals surface area contributed by atoms with E-state index in [2.05, 4.69) is 17.2 Å². The number of carbonyl (C=O) groups is 4. The van der Waals surface area contributed by atoms with Crippen LogP contribution in [0.4, 0.5) is 4.79 Å². The zero-order chi connectivity index (χ0) is 28.5. The summed E-state index contributed by atoms with van der Waals surface area (Å²) in [5.74, 6) is -1.42. The third-order valence-corrected chi connectivity index (χ3v) is 6.51. The summed E-state index contributed by atoms with van der Waals surface area (Å²) in [6.07, 6.45) is 5.60. The van der Waals surface area contributed by atoms with Crippen molar-refractivity contribution in [2.24, 2.45) is 5.73 Å². The van der Waals surface area contributed by atoms with Gasteiger partial charge in [-0.3, -0.25) is 14.4 Å². The molecule has 0 radical (unpaired) electrons. The lowest BCUT2D eigenvalue weighted by atomic mass is 9.93. The fourth-order valence-corrected chi connectivity index (χ4v) is 4.77. The number of hydrogen-bond acceptors (Lipinski definition) is 5. The molecule has 9 heteroatoms. The number of aryl methyl sites for hydroxylation is 2. The number of alkyl carbamates (subject to hydrolysis) is 1. The Hall–Kier alpha value is -3.36. The quantitative estimate of drug-likeness (QED) is 0.374.